The number of aromatic nitrogens is 1. The number of thiazole rings is 1. The molecule has 0 fully saturated rings. The van der Waals surface area contributed by atoms with Crippen molar-refractivity contribution in [3.8, 4) is 0 Å². The summed E-state index contributed by atoms with van der Waals surface area (Å²) in [7, 11) is 0. The molecule has 110 valence electrons. The third kappa shape index (κ3) is 4.68. The molecule has 1 aromatic carbocycles. The summed E-state index contributed by atoms with van der Waals surface area (Å²) >= 11 is 1.32. The van der Waals surface area contributed by atoms with Gasteiger partial charge in [0.25, 0.3) is 0 Å². The molecule has 0 aliphatic rings. The van der Waals surface area contributed by atoms with E-state index >= 15 is 0 Å². The highest BCUT2D eigenvalue weighted by molar-refractivity contribution is 7.13. The van der Waals surface area contributed by atoms with E-state index in [-0.39, 0.29) is 12.3 Å². The van der Waals surface area contributed by atoms with Crippen molar-refractivity contribution in [2.24, 2.45) is 5.10 Å². The summed E-state index contributed by atoms with van der Waals surface area (Å²) in [6.07, 6.45) is 1.80. The van der Waals surface area contributed by atoms with Gasteiger partial charge in [0.1, 0.15) is 0 Å². The number of benzene rings is 1. The maximum absolute atomic E-state index is 11.7. The molecule has 5 nitrogen and oxygen atoms in total. The molecule has 0 aliphatic heterocycles. The number of hydrogen-bond donors (Lipinski definition) is 2. The number of nitrogens with one attached hydrogen (secondary N) is 1. The molecule has 0 atom stereocenters. The lowest BCUT2D eigenvalue weighted by Gasteiger charge is -2.04. The van der Waals surface area contributed by atoms with Crippen LogP contribution in [0.1, 0.15) is 36.6 Å². The topological polar surface area (TPSA) is 80.4 Å². The molecule has 2 aromatic rings. The highest BCUT2D eigenvalue weighted by Crippen LogP contribution is 2.14. The predicted molar refractivity (Wildman–Crippen MR) is 86.5 cm³/mol. The Morgan fingerprint density at radius 1 is 1.43 bits per heavy atom. The number of nitrogen functional groups attached to an aromatic ring is 1. The molecule has 3 N–H and O–H groups in total. The van der Waals surface area contributed by atoms with Crippen LogP contribution in [0, 0.1) is 0 Å². The molecule has 0 radical (unpaired) electrons. The first-order valence-corrected chi connectivity index (χ1v) is 7.54. The maximum atomic E-state index is 11.7. The minimum absolute atomic E-state index is 0.178. The summed E-state index contributed by atoms with van der Waals surface area (Å²) in [4.78, 5) is 15.7. The lowest BCUT2D eigenvalue weighted by molar-refractivity contribution is -0.120. The number of carbonyl (C=O) groups excluding carboxylic acids is 1. The molecular formula is C15H18N4OS. The second-order valence-electron chi connectivity index (χ2n) is 4.97. The molecule has 6 heteroatoms. The minimum Gasteiger partial charge on any atom is -0.375 e. The Hall–Kier alpha value is -2.21. The number of nitrogens with zero attached hydrogens (tertiary/aromatic N) is 2. The van der Waals surface area contributed by atoms with E-state index in [9.17, 15) is 4.79 Å². The SMILES string of the molecule is CC(C)c1ccc(/C=N/NC(=O)Cc2csc(N)n2)cc1. The van der Waals surface area contributed by atoms with Crippen molar-refractivity contribution in [2.45, 2.75) is 26.2 Å². The van der Waals surface area contributed by atoms with Crippen LogP contribution in [-0.4, -0.2) is 17.1 Å². The van der Waals surface area contributed by atoms with Crippen LogP contribution in [0.3, 0.4) is 0 Å². The fourth-order valence-electron chi connectivity index (χ4n) is 1.75. The Kier molecular flexibility index (Phi) is 5.05. The Balaban J connectivity index is 1.85. The Labute approximate surface area is 127 Å². The van der Waals surface area contributed by atoms with Gasteiger partial charge in [0, 0.05) is 5.38 Å². The molecule has 21 heavy (non-hydrogen) atoms. The third-order valence-corrected chi connectivity index (χ3v) is 3.64. The van der Waals surface area contributed by atoms with Gasteiger partial charge in [0.15, 0.2) is 5.13 Å². The summed E-state index contributed by atoms with van der Waals surface area (Å²) in [6, 6.07) is 8.08. The van der Waals surface area contributed by atoms with Crippen LogP contribution in [0.15, 0.2) is 34.7 Å². The van der Waals surface area contributed by atoms with E-state index in [1.807, 2.05) is 12.1 Å². The molecule has 2 rings (SSSR count). The minimum atomic E-state index is -0.213. The molecule has 0 saturated heterocycles. The Bertz CT molecular complexity index is 631. The lowest BCUT2D eigenvalue weighted by Crippen LogP contribution is -2.19. The van der Waals surface area contributed by atoms with Gasteiger partial charge in [-0.1, -0.05) is 38.1 Å². The molecular weight excluding hydrogens is 284 g/mol. The Morgan fingerprint density at radius 2 is 2.14 bits per heavy atom. The fraction of sp³-hybridized carbons (Fsp3) is 0.267. The van der Waals surface area contributed by atoms with E-state index in [4.69, 9.17) is 5.73 Å². The van der Waals surface area contributed by atoms with Crippen LogP contribution in [0.25, 0.3) is 0 Å². The number of hydrazone groups is 1. The summed E-state index contributed by atoms with van der Waals surface area (Å²) in [5.41, 5.74) is 10.9. The Morgan fingerprint density at radius 3 is 2.71 bits per heavy atom. The van der Waals surface area contributed by atoms with Crippen molar-refractivity contribution in [1.82, 2.24) is 10.4 Å². The van der Waals surface area contributed by atoms with Crippen molar-refractivity contribution in [3.05, 3.63) is 46.5 Å². The highest BCUT2D eigenvalue weighted by Gasteiger charge is 2.05. The van der Waals surface area contributed by atoms with Gasteiger partial charge in [-0.15, -0.1) is 11.3 Å². The number of rotatable bonds is 5. The van der Waals surface area contributed by atoms with Crippen molar-refractivity contribution < 1.29 is 4.79 Å². The van der Waals surface area contributed by atoms with Gasteiger partial charge in [-0.05, 0) is 17.0 Å². The van der Waals surface area contributed by atoms with E-state index in [1.165, 1.54) is 16.9 Å². The van der Waals surface area contributed by atoms with Gasteiger partial charge >= 0.3 is 0 Å². The summed E-state index contributed by atoms with van der Waals surface area (Å²) < 4.78 is 0. The van der Waals surface area contributed by atoms with Crippen molar-refractivity contribution in [2.75, 3.05) is 5.73 Å². The fourth-order valence-corrected chi connectivity index (χ4v) is 2.32. The third-order valence-electron chi connectivity index (χ3n) is 2.92. The average molecular weight is 302 g/mol. The first-order valence-electron chi connectivity index (χ1n) is 6.66. The quantitative estimate of drug-likeness (QED) is 0.658. The van der Waals surface area contributed by atoms with E-state index in [2.05, 4.69) is 41.5 Å². The highest BCUT2D eigenvalue weighted by atomic mass is 32.1. The molecule has 1 aromatic heterocycles. The van der Waals surface area contributed by atoms with Crippen LogP contribution < -0.4 is 11.2 Å². The normalized spacial score (nSPS) is 11.2. The van der Waals surface area contributed by atoms with Crippen molar-refractivity contribution >= 4 is 28.6 Å². The second kappa shape index (κ2) is 6.99. The molecule has 0 unspecified atom stereocenters. The van der Waals surface area contributed by atoms with Crippen LogP contribution in [0.5, 0.6) is 0 Å². The summed E-state index contributed by atoms with van der Waals surface area (Å²) in [5, 5.41) is 6.17. The van der Waals surface area contributed by atoms with Gasteiger partial charge in [0.05, 0.1) is 18.3 Å². The number of amides is 1. The van der Waals surface area contributed by atoms with Crippen LogP contribution in [-0.2, 0) is 11.2 Å². The lowest BCUT2D eigenvalue weighted by atomic mass is 10.0. The standard InChI is InChI=1S/C15H18N4OS/c1-10(2)12-5-3-11(4-6-12)8-17-19-14(20)7-13-9-21-15(16)18-13/h3-6,8-10H,7H2,1-2H3,(H2,16,18)(H,19,20)/b17-8+. The predicted octanol–water partition coefficient (Wildman–Crippen LogP) is 2.54. The first kappa shape index (κ1) is 15.2. The van der Waals surface area contributed by atoms with Crippen LogP contribution >= 0.6 is 11.3 Å². The number of carbonyl (C=O) groups is 1. The van der Waals surface area contributed by atoms with E-state index in [0.717, 1.165) is 5.56 Å². The van der Waals surface area contributed by atoms with Crippen molar-refractivity contribution in [3.63, 3.8) is 0 Å². The molecule has 0 saturated carbocycles. The largest absolute Gasteiger partial charge is 0.375 e. The smallest absolute Gasteiger partial charge is 0.246 e. The monoisotopic (exact) mass is 302 g/mol. The number of anilines is 1. The van der Waals surface area contributed by atoms with Gasteiger partial charge in [-0.25, -0.2) is 10.4 Å². The maximum Gasteiger partial charge on any atom is 0.246 e. The van der Waals surface area contributed by atoms with E-state index in [0.29, 0.717) is 16.7 Å². The van der Waals surface area contributed by atoms with Crippen molar-refractivity contribution in [1.29, 1.82) is 0 Å². The second-order valence-corrected chi connectivity index (χ2v) is 5.86. The zero-order chi connectivity index (χ0) is 15.2. The van der Waals surface area contributed by atoms with Crippen LogP contribution in [0.2, 0.25) is 0 Å². The van der Waals surface area contributed by atoms with E-state index < -0.39 is 0 Å². The van der Waals surface area contributed by atoms with Gasteiger partial charge in [-0.2, -0.15) is 5.10 Å². The summed E-state index contributed by atoms with van der Waals surface area (Å²) in [5.74, 6) is 0.289. The van der Waals surface area contributed by atoms with Gasteiger partial charge in [0.2, 0.25) is 5.91 Å². The van der Waals surface area contributed by atoms with E-state index in [1.54, 1.807) is 11.6 Å². The van der Waals surface area contributed by atoms with Gasteiger partial charge < -0.3 is 5.73 Å². The molecule has 1 heterocycles. The molecule has 1 amide bonds. The average Bonchev–Trinajstić information content (AvgIpc) is 2.84. The zero-order valence-electron chi connectivity index (χ0n) is 12.0. The number of hydrogen-bond acceptors (Lipinski definition) is 5. The zero-order valence-corrected chi connectivity index (χ0v) is 12.9. The molecule has 0 aliphatic carbocycles. The summed E-state index contributed by atoms with van der Waals surface area (Å²) in [6.45, 7) is 4.29. The first-order chi connectivity index (χ1) is 10.0. The van der Waals surface area contributed by atoms with Crippen LogP contribution in [0.4, 0.5) is 5.13 Å². The molecule has 0 bridgehead atoms. The molecule has 0 spiro atoms. The van der Waals surface area contributed by atoms with Gasteiger partial charge in [-0.3, -0.25) is 4.79 Å². The number of nitrogens with two attached hydrogens (primary N) is 1.